The standard InChI is InChI=1S/C10H16N4O/c1-6(2)14-10(15)8-3-7-9(4-11-8)13-5-12-7/h5-6,8,11H,3-4H2,1-2H3,(H,12,13)(H,14,15). The second kappa shape index (κ2) is 4.02. The maximum Gasteiger partial charge on any atom is 0.237 e. The fourth-order valence-electron chi connectivity index (χ4n) is 1.74. The number of hydrogen-bond acceptors (Lipinski definition) is 3. The van der Waals surface area contributed by atoms with E-state index in [1.807, 2.05) is 13.8 Å². The van der Waals surface area contributed by atoms with E-state index < -0.39 is 0 Å². The molecule has 15 heavy (non-hydrogen) atoms. The van der Waals surface area contributed by atoms with Gasteiger partial charge in [-0.2, -0.15) is 0 Å². The predicted octanol–water partition coefficient (Wildman–Crippen LogP) is -0.0514. The van der Waals surface area contributed by atoms with Crippen LogP contribution in [0.15, 0.2) is 6.33 Å². The van der Waals surface area contributed by atoms with Crippen LogP contribution in [0.3, 0.4) is 0 Å². The largest absolute Gasteiger partial charge is 0.353 e. The number of nitrogens with one attached hydrogen (secondary N) is 3. The average Bonchev–Trinajstić information content (AvgIpc) is 2.62. The van der Waals surface area contributed by atoms with Crippen LogP contribution in [-0.2, 0) is 17.8 Å². The number of carbonyl (C=O) groups excluding carboxylic acids is 1. The summed E-state index contributed by atoms with van der Waals surface area (Å²) in [6, 6.07) is 0.0306. The van der Waals surface area contributed by atoms with Gasteiger partial charge in [-0.15, -0.1) is 0 Å². The number of H-pyrrole nitrogens is 1. The van der Waals surface area contributed by atoms with Crippen molar-refractivity contribution >= 4 is 5.91 Å². The smallest absolute Gasteiger partial charge is 0.237 e. The molecule has 1 amide bonds. The van der Waals surface area contributed by atoms with E-state index in [9.17, 15) is 4.79 Å². The first-order valence-electron chi connectivity index (χ1n) is 5.21. The van der Waals surface area contributed by atoms with Crippen LogP contribution < -0.4 is 10.6 Å². The number of aromatic amines is 1. The molecule has 1 atom stereocenters. The van der Waals surface area contributed by atoms with Gasteiger partial charge in [0.05, 0.1) is 23.8 Å². The normalized spacial score (nSPS) is 20.1. The molecule has 3 N–H and O–H groups in total. The van der Waals surface area contributed by atoms with Gasteiger partial charge in [0.1, 0.15) is 0 Å². The molecule has 2 rings (SSSR count). The lowest BCUT2D eigenvalue weighted by molar-refractivity contribution is -0.123. The third-order valence-electron chi connectivity index (χ3n) is 2.48. The molecular weight excluding hydrogens is 192 g/mol. The number of carbonyl (C=O) groups is 1. The zero-order chi connectivity index (χ0) is 10.8. The highest BCUT2D eigenvalue weighted by molar-refractivity contribution is 5.82. The van der Waals surface area contributed by atoms with Crippen molar-refractivity contribution in [2.45, 2.75) is 38.9 Å². The van der Waals surface area contributed by atoms with Gasteiger partial charge < -0.3 is 10.3 Å². The van der Waals surface area contributed by atoms with Crippen molar-refractivity contribution in [3.8, 4) is 0 Å². The summed E-state index contributed by atoms with van der Waals surface area (Å²) in [7, 11) is 0. The SMILES string of the molecule is CC(C)NC(=O)C1Cc2nc[nH]c2CN1. The molecule has 1 aliphatic rings. The molecule has 82 valence electrons. The van der Waals surface area contributed by atoms with Crippen molar-refractivity contribution in [1.29, 1.82) is 0 Å². The first-order valence-corrected chi connectivity index (χ1v) is 5.21. The van der Waals surface area contributed by atoms with E-state index >= 15 is 0 Å². The molecule has 0 saturated heterocycles. The number of aromatic nitrogens is 2. The molecule has 1 aromatic heterocycles. The fraction of sp³-hybridized carbons (Fsp3) is 0.600. The summed E-state index contributed by atoms with van der Waals surface area (Å²) < 4.78 is 0. The van der Waals surface area contributed by atoms with Gasteiger partial charge in [-0.3, -0.25) is 10.1 Å². The van der Waals surface area contributed by atoms with Crippen LogP contribution in [0.1, 0.15) is 25.2 Å². The van der Waals surface area contributed by atoms with Gasteiger partial charge >= 0.3 is 0 Å². The highest BCUT2D eigenvalue weighted by atomic mass is 16.2. The van der Waals surface area contributed by atoms with Gasteiger partial charge in [0.15, 0.2) is 0 Å². The minimum absolute atomic E-state index is 0.0543. The van der Waals surface area contributed by atoms with Crippen molar-refractivity contribution in [3.63, 3.8) is 0 Å². The van der Waals surface area contributed by atoms with Crippen LogP contribution in [0, 0.1) is 0 Å². The van der Waals surface area contributed by atoms with Crippen molar-refractivity contribution in [3.05, 3.63) is 17.7 Å². The zero-order valence-electron chi connectivity index (χ0n) is 9.00. The quantitative estimate of drug-likeness (QED) is 0.638. The highest BCUT2D eigenvalue weighted by Gasteiger charge is 2.25. The Kier molecular flexibility index (Phi) is 2.73. The summed E-state index contributed by atoms with van der Waals surface area (Å²) in [4.78, 5) is 19.0. The molecule has 1 aliphatic heterocycles. The van der Waals surface area contributed by atoms with Gasteiger partial charge in [-0.25, -0.2) is 4.98 Å². The van der Waals surface area contributed by atoms with Crippen molar-refractivity contribution < 1.29 is 4.79 Å². The van der Waals surface area contributed by atoms with Crippen molar-refractivity contribution in [1.82, 2.24) is 20.6 Å². The number of amides is 1. The van der Waals surface area contributed by atoms with E-state index in [4.69, 9.17) is 0 Å². The summed E-state index contributed by atoms with van der Waals surface area (Å²) in [5.74, 6) is 0.0543. The Bertz CT molecular complexity index is 358. The van der Waals surface area contributed by atoms with Crippen LogP contribution >= 0.6 is 0 Å². The summed E-state index contributed by atoms with van der Waals surface area (Å²) in [5.41, 5.74) is 2.08. The first-order chi connectivity index (χ1) is 7.16. The monoisotopic (exact) mass is 208 g/mol. The van der Waals surface area contributed by atoms with Crippen LogP contribution in [0.25, 0.3) is 0 Å². The maximum atomic E-state index is 11.7. The van der Waals surface area contributed by atoms with Gasteiger partial charge in [0.25, 0.3) is 0 Å². The van der Waals surface area contributed by atoms with Gasteiger partial charge in [0, 0.05) is 19.0 Å². The lowest BCUT2D eigenvalue weighted by Crippen LogP contribution is -2.49. The van der Waals surface area contributed by atoms with Crippen LogP contribution in [-0.4, -0.2) is 28.0 Å². The molecule has 1 unspecified atom stereocenters. The Morgan fingerprint density at radius 2 is 2.47 bits per heavy atom. The van der Waals surface area contributed by atoms with Crippen LogP contribution in [0.4, 0.5) is 0 Å². The molecular formula is C10H16N4O. The van der Waals surface area contributed by atoms with Crippen LogP contribution in [0.2, 0.25) is 0 Å². The third-order valence-corrected chi connectivity index (χ3v) is 2.48. The Balaban J connectivity index is 2.00. The molecule has 2 heterocycles. The van der Waals surface area contributed by atoms with E-state index in [0.717, 1.165) is 11.4 Å². The molecule has 5 heteroatoms. The van der Waals surface area contributed by atoms with Crippen LogP contribution in [0.5, 0.6) is 0 Å². The molecule has 0 radical (unpaired) electrons. The average molecular weight is 208 g/mol. The lowest BCUT2D eigenvalue weighted by Gasteiger charge is -2.23. The van der Waals surface area contributed by atoms with E-state index in [1.165, 1.54) is 0 Å². The minimum Gasteiger partial charge on any atom is -0.353 e. The van der Waals surface area contributed by atoms with E-state index in [0.29, 0.717) is 13.0 Å². The Morgan fingerprint density at radius 1 is 1.67 bits per heavy atom. The fourth-order valence-corrected chi connectivity index (χ4v) is 1.74. The van der Waals surface area contributed by atoms with Gasteiger partial charge in [-0.1, -0.05) is 0 Å². The summed E-state index contributed by atoms with van der Waals surface area (Å²) in [5, 5.41) is 6.08. The second-order valence-corrected chi connectivity index (χ2v) is 4.13. The molecule has 0 saturated carbocycles. The molecule has 0 bridgehead atoms. The molecule has 0 fully saturated rings. The molecule has 0 spiro atoms. The van der Waals surface area contributed by atoms with Gasteiger partial charge in [-0.05, 0) is 13.8 Å². The Morgan fingerprint density at radius 3 is 3.20 bits per heavy atom. The number of hydrogen-bond donors (Lipinski definition) is 3. The van der Waals surface area contributed by atoms with Crippen molar-refractivity contribution in [2.75, 3.05) is 0 Å². The highest BCUT2D eigenvalue weighted by Crippen LogP contribution is 2.12. The molecule has 1 aromatic rings. The third kappa shape index (κ3) is 2.18. The van der Waals surface area contributed by atoms with E-state index in [2.05, 4.69) is 20.6 Å². The number of fused-ring (bicyclic) bond motifs is 1. The predicted molar refractivity (Wildman–Crippen MR) is 56.2 cm³/mol. The number of imidazole rings is 1. The first kappa shape index (κ1) is 10.2. The zero-order valence-corrected chi connectivity index (χ0v) is 9.00. The second-order valence-electron chi connectivity index (χ2n) is 4.13. The summed E-state index contributed by atoms with van der Waals surface area (Å²) >= 11 is 0. The maximum absolute atomic E-state index is 11.7. The van der Waals surface area contributed by atoms with Crippen molar-refractivity contribution in [2.24, 2.45) is 0 Å². The summed E-state index contributed by atoms with van der Waals surface area (Å²) in [6.45, 7) is 4.60. The van der Waals surface area contributed by atoms with Gasteiger partial charge in [0.2, 0.25) is 5.91 Å². The Labute approximate surface area is 88.7 Å². The molecule has 0 aromatic carbocycles. The van der Waals surface area contributed by atoms with E-state index in [1.54, 1.807) is 6.33 Å². The Hall–Kier alpha value is -1.36. The molecule has 0 aliphatic carbocycles. The minimum atomic E-state index is -0.150. The molecule has 5 nitrogen and oxygen atoms in total. The number of rotatable bonds is 2. The topological polar surface area (TPSA) is 69.8 Å². The lowest BCUT2D eigenvalue weighted by atomic mass is 10.0. The number of nitrogens with zero attached hydrogens (tertiary/aromatic N) is 1. The summed E-state index contributed by atoms with van der Waals surface area (Å²) in [6.07, 6.45) is 2.34. The van der Waals surface area contributed by atoms with E-state index in [-0.39, 0.29) is 18.0 Å².